The molecule has 44 heavy (non-hydrogen) atoms. The van der Waals surface area contributed by atoms with Gasteiger partial charge in [-0.1, -0.05) is 121 Å². The van der Waals surface area contributed by atoms with E-state index in [0.717, 1.165) is 71.5 Å². The molecule has 0 radical (unpaired) electrons. The number of para-hydroxylation sites is 1. The Morgan fingerprint density at radius 2 is 1.07 bits per heavy atom. The van der Waals surface area contributed by atoms with Crippen molar-refractivity contribution >= 4 is 53.6 Å². The number of fused-ring (bicyclic) bond motifs is 7. The average molecular weight is 582 g/mol. The minimum Gasteiger partial charge on any atom is -0.454 e. The molecule has 0 atom stereocenters. The maximum absolute atomic E-state index is 6.53. The molecule has 9 aromatic rings. The summed E-state index contributed by atoms with van der Waals surface area (Å²) in [5.41, 5.74) is 8.33. The number of furan rings is 1. The Hall–Kier alpha value is -5.65. The fraction of sp³-hybridized carbons (Fsp3) is 0. The summed E-state index contributed by atoms with van der Waals surface area (Å²) in [6.07, 6.45) is 0. The number of rotatable bonds is 4. The summed E-state index contributed by atoms with van der Waals surface area (Å²) in [4.78, 5) is 16.2. The van der Waals surface area contributed by atoms with Gasteiger partial charge in [0.15, 0.2) is 11.4 Å². The van der Waals surface area contributed by atoms with Gasteiger partial charge < -0.3 is 4.42 Å². The number of nitrogens with zero attached hydrogens (tertiary/aromatic N) is 3. The second-order valence-corrected chi connectivity index (χ2v) is 11.8. The lowest BCUT2D eigenvalue weighted by Gasteiger charge is -2.10. The van der Waals surface area contributed by atoms with Crippen molar-refractivity contribution in [1.82, 2.24) is 15.0 Å². The first-order valence-electron chi connectivity index (χ1n) is 14.5. The van der Waals surface area contributed by atoms with E-state index in [0.29, 0.717) is 5.82 Å². The van der Waals surface area contributed by atoms with Crippen molar-refractivity contribution in [3.8, 4) is 45.2 Å². The fourth-order valence-electron chi connectivity index (χ4n) is 6.03. The van der Waals surface area contributed by atoms with Gasteiger partial charge in [0.2, 0.25) is 0 Å². The van der Waals surface area contributed by atoms with E-state index < -0.39 is 0 Å². The van der Waals surface area contributed by atoms with Gasteiger partial charge in [-0.2, -0.15) is 0 Å². The Morgan fingerprint density at radius 1 is 0.477 bits per heavy atom. The Morgan fingerprint density at radius 3 is 1.82 bits per heavy atom. The van der Waals surface area contributed by atoms with E-state index in [1.165, 1.54) is 10.1 Å². The third-order valence-corrected chi connectivity index (χ3v) is 9.20. The number of aromatic nitrogens is 3. The molecule has 4 aromatic heterocycles. The molecule has 0 unspecified atom stereocenters. The maximum atomic E-state index is 6.53. The van der Waals surface area contributed by atoms with Crippen LogP contribution >= 0.6 is 11.3 Å². The van der Waals surface area contributed by atoms with Gasteiger partial charge in [0.1, 0.15) is 16.1 Å². The van der Waals surface area contributed by atoms with Crippen LogP contribution in [0.25, 0.3) is 87.4 Å². The minimum absolute atomic E-state index is 0.701. The molecule has 0 amide bonds. The predicted octanol–water partition coefficient (Wildman–Crippen LogP) is 10.8. The lowest BCUT2D eigenvalue weighted by Crippen LogP contribution is -1.96. The topological polar surface area (TPSA) is 51.8 Å². The molecule has 0 aliphatic heterocycles. The lowest BCUT2D eigenvalue weighted by molar-refractivity contribution is 0.669. The molecule has 0 N–H and O–H groups in total. The first kappa shape index (κ1) is 24.9. The monoisotopic (exact) mass is 581 g/mol. The van der Waals surface area contributed by atoms with Crippen molar-refractivity contribution in [3.05, 3.63) is 140 Å². The van der Waals surface area contributed by atoms with E-state index in [1.807, 2.05) is 60.7 Å². The summed E-state index contributed by atoms with van der Waals surface area (Å²) in [6.45, 7) is 0. The molecule has 0 bridgehead atoms. The molecular formula is C39H23N3OS. The highest BCUT2D eigenvalue weighted by molar-refractivity contribution is 7.25. The third-order valence-electron chi connectivity index (χ3n) is 8.13. The van der Waals surface area contributed by atoms with Crippen molar-refractivity contribution in [3.63, 3.8) is 0 Å². The quantitative estimate of drug-likeness (QED) is 0.207. The van der Waals surface area contributed by atoms with Crippen LogP contribution in [0.5, 0.6) is 0 Å². The van der Waals surface area contributed by atoms with Crippen LogP contribution in [0.4, 0.5) is 0 Å². The molecule has 206 valence electrons. The molecule has 4 nitrogen and oxygen atoms in total. The van der Waals surface area contributed by atoms with Crippen LogP contribution in [0.1, 0.15) is 0 Å². The Labute approximate surface area is 256 Å². The van der Waals surface area contributed by atoms with Crippen molar-refractivity contribution in [1.29, 1.82) is 0 Å². The smallest absolute Gasteiger partial charge is 0.162 e. The molecule has 0 saturated heterocycles. The highest BCUT2D eigenvalue weighted by Crippen LogP contribution is 2.44. The number of hydrogen-bond acceptors (Lipinski definition) is 5. The van der Waals surface area contributed by atoms with E-state index in [-0.39, 0.29) is 0 Å². The second-order valence-electron chi connectivity index (χ2n) is 10.8. The van der Waals surface area contributed by atoms with Gasteiger partial charge in [0.25, 0.3) is 0 Å². The van der Waals surface area contributed by atoms with E-state index in [1.54, 1.807) is 11.3 Å². The molecule has 9 rings (SSSR count). The summed E-state index contributed by atoms with van der Waals surface area (Å²) in [7, 11) is 0. The average Bonchev–Trinajstić information content (AvgIpc) is 3.67. The Balaban J connectivity index is 1.22. The standard InChI is InChI=1S/C39H23N3OS/c1-3-11-24(12-4-1)30-23-31(41-38(40-30)27-13-5-2-6-14-27)25-19-21-26(22-20-25)36-37-34(28-15-7-9-17-32(28)43-37)35-29-16-8-10-18-33(29)44-39(35)42-36/h1-23H. The normalized spacial score (nSPS) is 11.6. The SMILES string of the molecule is c1ccc(-c2cc(-c3ccc(-c4nc5sc6ccccc6c5c5c4oc4ccccc45)cc3)nc(-c3ccccc3)n2)cc1. The van der Waals surface area contributed by atoms with Gasteiger partial charge in [-0.05, 0) is 18.2 Å². The van der Waals surface area contributed by atoms with Crippen LogP contribution in [-0.2, 0) is 0 Å². The van der Waals surface area contributed by atoms with Crippen molar-refractivity contribution in [2.45, 2.75) is 0 Å². The van der Waals surface area contributed by atoms with Gasteiger partial charge in [0, 0.05) is 48.5 Å². The number of hydrogen-bond donors (Lipinski definition) is 0. The summed E-state index contributed by atoms with van der Waals surface area (Å²) in [5, 5.41) is 4.61. The van der Waals surface area contributed by atoms with Gasteiger partial charge in [-0.25, -0.2) is 15.0 Å². The van der Waals surface area contributed by atoms with Crippen LogP contribution in [0, 0.1) is 0 Å². The van der Waals surface area contributed by atoms with Gasteiger partial charge in [-0.15, -0.1) is 11.3 Å². The highest BCUT2D eigenvalue weighted by Gasteiger charge is 2.21. The number of pyridine rings is 1. The zero-order chi connectivity index (χ0) is 29.0. The highest BCUT2D eigenvalue weighted by atomic mass is 32.1. The molecule has 5 aromatic carbocycles. The molecule has 5 heteroatoms. The predicted molar refractivity (Wildman–Crippen MR) is 182 cm³/mol. The van der Waals surface area contributed by atoms with E-state index in [4.69, 9.17) is 19.4 Å². The van der Waals surface area contributed by atoms with Crippen molar-refractivity contribution in [2.24, 2.45) is 0 Å². The first-order valence-corrected chi connectivity index (χ1v) is 15.3. The zero-order valence-electron chi connectivity index (χ0n) is 23.4. The fourth-order valence-corrected chi connectivity index (χ4v) is 7.11. The Kier molecular flexibility index (Phi) is 5.64. The van der Waals surface area contributed by atoms with Gasteiger partial charge in [-0.3, -0.25) is 0 Å². The minimum atomic E-state index is 0.701. The van der Waals surface area contributed by atoms with Crippen LogP contribution in [-0.4, -0.2) is 15.0 Å². The van der Waals surface area contributed by atoms with Crippen LogP contribution in [0.15, 0.2) is 144 Å². The van der Waals surface area contributed by atoms with Crippen molar-refractivity contribution < 1.29 is 4.42 Å². The number of benzene rings is 5. The zero-order valence-corrected chi connectivity index (χ0v) is 24.3. The molecule has 0 aliphatic carbocycles. The molecule has 0 spiro atoms. The largest absolute Gasteiger partial charge is 0.454 e. The molecular weight excluding hydrogens is 559 g/mol. The van der Waals surface area contributed by atoms with Gasteiger partial charge >= 0.3 is 0 Å². The summed E-state index contributed by atoms with van der Waals surface area (Å²) >= 11 is 1.73. The van der Waals surface area contributed by atoms with E-state index >= 15 is 0 Å². The van der Waals surface area contributed by atoms with Crippen LogP contribution in [0.2, 0.25) is 0 Å². The Bertz CT molecular complexity index is 2420. The van der Waals surface area contributed by atoms with E-state index in [9.17, 15) is 0 Å². The van der Waals surface area contributed by atoms with Gasteiger partial charge in [0.05, 0.1) is 11.4 Å². The summed E-state index contributed by atoms with van der Waals surface area (Å²) in [5.74, 6) is 0.701. The van der Waals surface area contributed by atoms with Crippen molar-refractivity contribution in [2.75, 3.05) is 0 Å². The number of thiophene rings is 1. The molecule has 0 aliphatic rings. The summed E-state index contributed by atoms with van der Waals surface area (Å²) < 4.78 is 7.75. The maximum Gasteiger partial charge on any atom is 0.162 e. The third kappa shape index (κ3) is 4.02. The van der Waals surface area contributed by atoms with Crippen LogP contribution < -0.4 is 0 Å². The summed E-state index contributed by atoms with van der Waals surface area (Å²) in [6, 6.07) is 47.7. The second kappa shape index (κ2) is 9.97. The lowest BCUT2D eigenvalue weighted by atomic mass is 10.0. The molecule has 0 saturated carbocycles. The van der Waals surface area contributed by atoms with E-state index in [2.05, 4.69) is 78.9 Å². The molecule has 0 fully saturated rings. The molecule has 4 heterocycles. The first-order chi connectivity index (χ1) is 21.8. The van der Waals surface area contributed by atoms with Crippen LogP contribution in [0.3, 0.4) is 0 Å².